The molecule has 0 fully saturated rings. The van der Waals surface area contributed by atoms with Crippen LogP contribution in [0, 0.1) is 0 Å². The monoisotopic (exact) mass is 415 g/mol. The minimum Gasteiger partial charge on any atom is -0.508 e. The van der Waals surface area contributed by atoms with Gasteiger partial charge in [0.2, 0.25) is 5.91 Å². The van der Waals surface area contributed by atoms with E-state index in [1.807, 2.05) is 36.4 Å². The van der Waals surface area contributed by atoms with Gasteiger partial charge in [-0.15, -0.1) is 0 Å². The van der Waals surface area contributed by atoms with Crippen molar-refractivity contribution >= 4 is 23.5 Å². The first kappa shape index (κ1) is 20.2. The number of Topliss-reactive ketones (excluding diaryl/α,β-unsaturated/α-hetero) is 1. The second-order valence-electron chi connectivity index (χ2n) is 7.18. The van der Waals surface area contributed by atoms with Crippen LogP contribution in [0.15, 0.2) is 72.3 Å². The Morgan fingerprint density at radius 2 is 1.77 bits per heavy atom. The first-order chi connectivity index (χ1) is 14.9. The molecule has 1 heterocycles. The van der Waals surface area contributed by atoms with E-state index in [0.29, 0.717) is 28.3 Å². The molecule has 6 heteroatoms. The van der Waals surface area contributed by atoms with E-state index in [2.05, 4.69) is 5.32 Å². The number of ether oxygens (including phenoxy) is 2. The van der Waals surface area contributed by atoms with Crippen molar-refractivity contribution in [3.8, 4) is 17.2 Å². The van der Waals surface area contributed by atoms with Gasteiger partial charge in [0.15, 0.2) is 11.9 Å². The summed E-state index contributed by atoms with van der Waals surface area (Å²) in [5.41, 5.74) is 3.00. The lowest BCUT2D eigenvalue weighted by molar-refractivity contribution is -0.114. The molecule has 0 radical (unpaired) electrons. The van der Waals surface area contributed by atoms with Gasteiger partial charge in [0.25, 0.3) is 0 Å². The minimum atomic E-state index is -0.620. The number of rotatable bonds is 4. The van der Waals surface area contributed by atoms with Crippen LogP contribution in [0.1, 0.15) is 34.5 Å². The number of fused-ring (bicyclic) bond motifs is 1. The summed E-state index contributed by atoms with van der Waals surface area (Å²) < 4.78 is 11.4. The molecule has 1 amide bonds. The van der Waals surface area contributed by atoms with Gasteiger partial charge in [-0.3, -0.25) is 9.59 Å². The second-order valence-corrected chi connectivity index (χ2v) is 7.18. The van der Waals surface area contributed by atoms with E-state index in [9.17, 15) is 14.7 Å². The summed E-state index contributed by atoms with van der Waals surface area (Å²) in [4.78, 5) is 24.6. The lowest BCUT2D eigenvalue weighted by atomic mass is 9.89. The Labute approximate surface area is 179 Å². The van der Waals surface area contributed by atoms with E-state index in [1.165, 1.54) is 19.1 Å². The summed E-state index contributed by atoms with van der Waals surface area (Å²) in [6, 6.07) is 19.0. The van der Waals surface area contributed by atoms with E-state index < -0.39 is 6.10 Å². The van der Waals surface area contributed by atoms with Crippen molar-refractivity contribution in [1.29, 1.82) is 0 Å². The fraction of sp³-hybridized carbons (Fsp3) is 0.120. The van der Waals surface area contributed by atoms with Crippen LogP contribution < -0.4 is 14.8 Å². The van der Waals surface area contributed by atoms with Crippen molar-refractivity contribution in [2.45, 2.75) is 13.0 Å². The zero-order chi connectivity index (χ0) is 22.0. The summed E-state index contributed by atoms with van der Waals surface area (Å²) in [5.74, 6) is 0.747. The zero-order valence-corrected chi connectivity index (χ0v) is 17.1. The Balaban J connectivity index is 1.77. The quantitative estimate of drug-likeness (QED) is 0.600. The molecule has 2 N–H and O–H groups in total. The standard InChI is InChI=1S/C25H21NO5/c1-15(27)26-18-7-3-16(4-8-18)13-22-24(29)21-14-19(28)9-12-23(21)31-25(22)17-5-10-20(30-2)11-6-17/h3-14,25,28H,1-2H3,(H,26,27). The first-order valence-electron chi connectivity index (χ1n) is 9.72. The lowest BCUT2D eigenvalue weighted by Crippen LogP contribution is -2.23. The third-order valence-corrected chi connectivity index (χ3v) is 4.97. The van der Waals surface area contributed by atoms with Crippen LogP contribution in [-0.2, 0) is 4.79 Å². The number of nitrogens with one attached hydrogen (secondary N) is 1. The number of ketones is 1. The molecule has 0 aliphatic carbocycles. The molecule has 156 valence electrons. The molecule has 0 spiro atoms. The Morgan fingerprint density at radius 1 is 1.06 bits per heavy atom. The number of amides is 1. The highest BCUT2D eigenvalue weighted by Crippen LogP contribution is 2.40. The number of hydrogen-bond acceptors (Lipinski definition) is 5. The predicted molar refractivity (Wildman–Crippen MR) is 118 cm³/mol. The van der Waals surface area contributed by atoms with E-state index in [0.717, 1.165) is 11.1 Å². The highest BCUT2D eigenvalue weighted by molar-refractivity contribution is 6.15. The molecule has 1 unspecified atom stereocenters. The van der Waals surface area contributed by atoms with E-state index >= 15 is 0 Å². The molecular weight excluding hydrogens is 394 g/mol. The number of carbonyl (C=O) groups is 2. The Hall–Kier alpha value is -4.06. The van der Waals surface area contributed by atoms with Crippen molar-refractivity contribution in [3.63, 3.8) is 0 Å². The highest BCUT2D eigenvalue weighted by Gasteiger charge is 2.33. The fourth-order valence-corrected chi connectivity index (χ4v) is 3.48. The first-order valence-corrected chi connectivity index (χ1v) is 9.72. The van der Waals surface area contributed by atoms with Crippen LogP contribution in [0.3, 0.4) is 0 Å². The van der Waals surface area contributed by atoms with Crippen LogP contribution in [-0.4, -0.2) is 23.9 Å². The number of hydrogen-bond donors (Lipinski definition) is 2. The number of carbonyl (C=O) groups excluding carboxylic acids is 2. The molecular formula is C25H21NO5. The second kappa shape index (κ2) is 8.36. The molecule has 6 nitrogen and oxygen atoms in total. The van der Waals surface area contributed by atoms with Crippen molar-refractivity contribution in [2.24, 2.45) is 0 Å². The average molecular weight is 415 g/mol. The lowest BCUT2D eigenvalue weighted by Gasteiger charge is -2.28. The van der Waals surface area contributed by atoms with Crippen LogP contribution in [0.4, 0.5) is 5.69 Å². The van der Waals surface area contributed by atoms with Gasteiger partial charge in [-0.1, -0.05) is 24.3 Å². The Kier molecular flexibility index (Phi) is 5.45. The van der Waals surface area contributed by atoms with Gasteiger partial charge in [0.1, 0.15) is 17.2 Å². The van der Waals surface area contributed by atoms with Crippen LogP contribution in [0.5, 0.6) is 17.2 Å². The summed E-state index contributed by atoms with van der Waals surface area (Å²) in [7, 11) is 1.59. The largest absolute Gasteiger partial charge is 0.508 e. The number of methoxy groups -OCH3 is 1. The van der Waals surface area contributed by atoms with E-state index in [4.69, 9.17) is 9.47 Å². The van der Waals surface area contributed by atoms with Gasteiger partial charge >= 0.3 is 0 Å². The molecule has 0 aromatic heterocycles. The molecule has 0 bridgehead atoms. The van der Waals surface area contributed by atoms with Gasteiger partial charge in [-0.2, -0.15) is 0 Å². The third kappa shape index (κ3) is 4.28. The molecule has 1 atom stereocenters. The van der Waals surface area contributed by atoms with Crippen molar-refractivity contribution in [1.82, 2.24) is 0 Å². The smallest absolute Gasteiger partial charge is 0.221 e. The summed E-state index contributed by atoms with van der Waals surface area (Å²) in [5, 5.41) is 12.6. The molecule has 4 rings (SSSR count). The Morgan fingerprint density at radius 3 is 2.42 bits per heavy atom. The number of phenols is 1. The molecule has 1 aliphatic heterocycles. The third-order valence-electron chi connectivity index (χ3n) is 4.97. The maximum absolute atomic E-state index is 13.4. The van der Waals surface area contributed by atoms with Crippen LogP contribution in [0.25, 0.3) is 6.08 Å². The zero-order valence-electron chi connectivity index (χ0n) is 17.1. The topological polar surface area (TPSA) is 84.9 Å². The number of anilines is 1. The number of aromatic hydroxyl groups is 1. The maximum Gasteiger partial charge on any atom is 0.221 e. The van der Waals surface area contributed by atoms with E-state index in [1.54, 1.807) is 31.4 Å². The van der Waals surface area contributed by atoms with Gasteiger partial charge in [-0.25, -0.2) is 0 Å². The molecule has 31 heavy (non-hydrogen) atoms. The molecule has 0 saturated carbocycles. The highest BCUT2D eigenvalue weighted by atomic mass is 16.5. The number of phenolic OH excluding ortho intramolecular Hbond substituents is 1. The van der Waals surface area contributed by atoms with Crippen molar-refractivity contribution < 1.29 is 24.2 Å². The van der Waals surface area contributed by atoms with E-state index in [-0.39, 0.29) is 17.4 Å². The molecule has 0 saturated heterocycles. The van der Waals surface area contributed by atoms with Crippen molar-refractivity contribution in [2.75, 3.05) is 12.4 Å². The van der Waals surface area contributed by atoms with Crippen molar-refractivity contribution in [3.05, 3.63) is 89.0 Å². The molecule has 3 aromatic rings. The Bertz CT molecular complexity index is 1160. The normalized spacial score (nSPS) is 16.4. The fourth-order valence-electron chi connectivity index (χ4n) is 3.48. The van der Waals surface area contributed by atoms with Crippen LogP contribution in [0.2, 0.25) is 0 Å². The van der Waals surface area contributed by atoms with Gasteiger partial charge in [0, 0.05) is 18.2 Å². The number of benzene rings is 3. The predicted octanol–water partition coefficient (Wildman–Crippen LogP) is 4.76. The molecule has 3 aromatic carbocycles. The SMILES string of the molecule is COc1ccc(C2Oc3ccc(O)cc3C(=O)C2=Cc2ccc(NC(C)=O)cc2)cc1. The minimum absolute atomic E-state index is 0.00222. The van der Waals surface area contributed by atoms with Gasteiger partial charge in [0.05, 0.1) is 12.7 Å². The summed E-state index contributed by atoms with van der Waals surface area (Å²) in [6.45, 7) is 1.44. The van der Waals surface area contributed by atoms with Crippen LogP contribution >= 0.6 is 0 Å². The molecule has 1 aliphatic rings. The van der Waals surface area contributed by atoms with Gasteiger partial charge < -0.3 is 19.9 Å². The average Bonchev–Trinajstić information content (AvgIpc) is 2.77. The van der Waals surface area contributed by atoms with Gasteiger partial charge in [-0.05, 0) is 59.7 Å². The maximum atomic E-state index is 13.4. The summed E-state index contributed by atoms with van der Waals surface area (Å²) in [6.07, 6.45) is 1.15. The summed E-state index contributed by atoms with van der Waals surface area (Å²) >= 11 is 0.